The maximum atomic E-state index is 12.3. The number of carbonyl (C=O) groups is 1. The molecule has 0 aromatic heterocycles. The molecular weight excluding hydrogens is 373 g/mol. The zero-order valence-corrected chi connectivity index (χ0v) is 17.6. The van der Waals surface area contributed by atoms with Crippen LogP contribution in [0.4, 0.5) is 0 Å². The highest BCUT2D eigenvalue weighted by Gasteiger charge is 2.20. The Morgan fingerprint density at radius 1 is 1.23 bits per heavy atom. The third-order valence-electron chi connectivity index (χ3n) is 4.65. The van der Waals surface area contributed by atoms with Crippen molar-refractivity contribution in [2.24, 2.45) is 0 Å². The van der Waals surface area contributed by atoms with Crippen LogP contribution in [0.5, 0.6) is 5.75 Å². The second kappa shape index (κ2) is 13.2. The molecule has 1 aliphatic rings. The number of carbonyl (C=O) groups excluding carboxylic acids is 1. The molecule has 0 bridgehead atoms. The summed E-state index contributed by atoms with van der Waals surface area (Å²) in [7, 11) is 0. The molecule has 2 unspecified atom stereocenters. The summed E-state index contributed by atoms with van der Waals surface area (Å²) in [6.07, 6.45) is 1.97. The van der Waals surface area contributed by atoms with E-state index in [1.807, 2.05) is 24.3 Å². The first kappa shape index (κ1) is 25.0. The first-order chi connectivity index (χ1) is 11.6. The monoisotopic (exact) mass is 405 g/mol. The number of likely N-dealkylation sites (N-methyl/N-ethyl adjacent to an activating group) is 1. The highest BCUT2D eigenvalue weighted by Crippen LogP contribution is 2.14. The van der Waals surface area contributed by atoms with Gasteiger partial charge in [-0.3, -0.25) is 4.79 Å². The lowest BCUT2D eigenvalue weighted by Gasteiger charge is -2.28. The van der Waals surface area contributed by atoms with Gasteiger partial charge in [0.1, 0.15) is 12.4 Å². The van der Waals surface area contributed by atoms with E-state index in [0.29, 0.717) is 18.2 Å². The van der Waals surface area contributed by atoms with Crippen molar-refractivity contribution in [2.45, 2.75) is 45.7 Å². The molecule has 1 aliphatic heterocycles. The van der Waals surface area contributed by atoms with Crippen LogP contribution in [0, 0.1) is 0 Å². The minimum Gasteiger partial charge on any atom is -0.492 e. The van der Waals surface area contributed by atoms with Crippen molar-refractivity contribution >= 4 is 30.7 Å². The third kappa shape index (κ3) is 8.12. The predicted molar refractivity (Wildman–Crippen MR) is 112 cm³/mol. The van der Waals surface area contributed by atoms with Gasteiger partial charge in [-0.1, -0.05) is 13.8 Å². The van der Waals surface area contributed by atoms with Crippen molar-refractivity contribution in [2.75, 3.05) is 32.8 Å². The molecule has 26 heavy (non-hydrogen) atoms. The van der Waals surface area contributed by atoms with Crippen molar-refractivity contribution in [3.05, 3.63) is 29.8 Å². The van der Waals surface area contributed by atoms with Gasteiger partial charge in [0.2, 0.25) is 0 Å². The highest BCUT2D eigenvalue weighted by atomic mass is 35.5. The summed E-state index contributed by atoms with van der Waals surface area (Å²) < 4.78 is 5.76. The van der Waals surface area contributed by atoms with Crippen molar-refractivity contribution in [1.29, 1.82) is 0 Å². The zero-order valence-electron chi connectivity index (χ0n) is 16.0. The first-order valence-corrected chi connectivity index (χ1v) is 9.11. The fourth-order valence-corrected chi connectivity index (χ4v) is 3.07. The molecule has 1 amide bonds. The molecule has 1 fully saturated rings. The maximum absolute atomic E-state index is 12.3. The van der Waals surface area contributed by atoms with Crippen molar-refractivity contribution < 1.29 is 9.53 Å². The molecule has 2 atom stereocenters. The molecule has 1 aromatic rings. The summed E-state index contributed by atoms with van der Waals surface area (Å²) in [5.74, 6) is 0.818. The van der Waals surface area contributed by atoms with E-state index in [1.165, 1.54) is 0 Å². The van der Waals surface area contributed by atoms with E-state index in [1.54, 1.807) is 0 Å². The molecule has 1 aromatic carbocycles. The van der Waals surface area contributed by atoms with E-state index in [0.717, 1.165) is 44.8 Å². The summed E-state index contributed by atoms with van der Waals surface area (Å²) in [6.45, 7) is 11.1. The minimum absolute atomic E-state index is 0. The number of halogens is 2. The normalized spacial score (nSPS) is 19.2. The van der Waals surface area contributed by atoms with Gasteiger partial charge in [-0.05, 0) is 63.7 Å². The van der Waals surface area contributed by atoms with Gasteiger partial charge in [0, 0.05) is 24.2 Å². The Labute approximate surface area is 170 Å². The van der Waals surface area contributed by atoms with Gasteiger partial charge in [0.05, 0.1) is 0 Å². The van der Waals surface area contributed by atoms with Crippen LogP contribution in [0.2, 0.25) is 0 Å². The van der Waals surface area contributed by atoms with Gasteiger partial charge in [0.15, 0.2) is 0 Å². The fraction of sp³-hybridized carbons (Fsp3) is 0.632. The summed E-state index contributed by atoms with van der Waals surface area (Å²) in [6, 6.07) is 8.16. The van der Waals surface area contributed by atoms with Crippen LogP contribution in [0.15, 0.2) is 24.3 Å². The first-order valence-electron chi connectivity index (χ1n) is 9.11. The predicted octanol–water partition coefficient (Wildman–Crippen LogP) is 3.12. The topological polar surface area (TPSA) is 53.6 Å². The standard InChI is InChI=1S/C19H31N3O2.2ClH/c1-4-22(5-2)12-13-24-18-8-6-16(7-9-18)19(23)21-17-10-11-20-15(3)14-17;;/h6-9,15,17,20H,4-5,10-14H2,1-3H3,(H,21,23);2*1H. The van der Waals surface area contributed by atoms with Crippen LogP contribution in [-0.4, -0.2) is 55.7 Å². The molecule has 2 N–H and O–H groups in total. The van der Waals surface area contributed by atoms with E-state index in [-0.39, 0.29) is 36.8 Å². The van der Waals surface area contributed by atoms with Crippen molar-refractivity contribution in [3.63, 3.8) is 0 Å². The number of rotatable bonds is 8. The number of amides is 1. The number of benzene rings is 1. The molecule has 1 saturated heterocycles. The number of nitrogens with zero attached hydrogens (tertiary/aromatic N) is 1. The second-order valence-corrected chi connectivity index (χ2v) is 6.45. The van der Waals surface area contributed by atoms with Crippen LogP contribution in [0.1, 0.15) is 44.0 Å². The molecule has 150 valence electrons. The van der Waals surface area contributed by atoms with Gasteiger partial charge in [-0.15, -0.1) is 24.8 Å². The lowest BCUT2D eigenvalue weighted by atomic mass is 10.0. The Morgan fingerprint density at radius 2 is 1.88 bits per heavy atom. The minimum atomic E-state index is 0. The Bertz CT molecular complexity index is 510. The Morgan fingerprint density at radius 3 is 2.46 bits per heavy atom. The van der Waals surface area contributed by atoms with Gasteiger partial charge in [0.25, 0.3) is 5.91 Å². The van der Waals surface area contributed by atoms with Gasteiger partial charge < -0.3 is 20.3 Å². The molecule has 0 aliphatic carbocycles. The summed E-state index contributed by atoms with van der Waals surface area (Å²) in [5, 5.41) is 6.53. The van der Waals surface area contributed by atoms with Crippen molar-refractivity contribution in [3.8, 4) is 5.75 Å². The highest BCUT2D eigenvalue weighted by molar-refractivity contribution is 5.94. The largest absolute Gasteiger partial charge is 0.492 e. The van der Waals surface area contributed by atoms with E-state index >= 15 is 0 Å². The molecular formula is C19H33Cl2N3O2. The quantitative estimate of drug-likeness (QED) is 0.697. The number of hydrogen-bond donors (Lipinski definition) is 2. The maximum Gasteiger partial charge on any atom is 0.251 e. The number of ether oxygens (including phenoxy) is 1. The molecule has 7 heteroatoms. The van der Waals surface area contributed by atoms with E-state index in [4.69, 9.17) is 4.74 Å². The lowest BCUT2D eigenvalue weighted by Crippen LogP contribution is -2.46. The Balaban J connectivity index is 0.00000312. The lowest BCUT2D eigenvalue weighted by molar-refractivity contribution is 0.0925. The summed E-state index contributed by atoms with van der Waals surface area (Å²) in [4.78, 5) is 14.7. The van der Waals surface area contributed by atoms with Gasteiger partial charge >= 0.3 is 0 Å². The molecule has 0 saturated carbocycles. The van der Waals surface area contributed by atoms with Gasteiger partial charge in [-0.2, -0.15) is 0 Å². The average molecular weight is 406 g/mol. The molecule has 2 rings (SSSR count). The van der Waals surface area contributed by atoms with Gasteiger partial charge in [-0.25, -0.2) is 0 Å². The molecule has 0 radical (unpaired) electrons. The number of hydrogen-bond acceptors (Lipinski definition) is 4. The third-order valence-corrected chi connectivity index (χ3v) is 4.65. The molecule has 0 spiro atoms. The van der Waals surface area contributed by atoms with E-state index < -0.39 is 0 Å². The molecule has 1 heterocycles. The fourth-order valence-electron chi connectivity index (χ4n) is 3.07. The van der Waals surface area contributed by atoms with Crippen LogP contribution >= 0.6 is 24.8 Å². The molecule has 5 nitrogen and oxygen atoms in total. The van der Waals surface area contributed by atoms with Crippen molar-refractivity contribution in [1.82, 2.24) is 15.5 Å². The van der Waals surface area contributed by atoms with E-state index in [9.17, 15) is 4.79 Å². The Kier molecular flexibility index (Phi) is 12.7. The summed E-state index contributed by atoms with van der Waals surface area (Å²) in [5.41, 5.74) is 0.692. The number of piperidine rings is 1. The number of nitrogens with one attached hydrogen (secondary N) is 2. The van der Waals surface area contributed by atoms with Crippen LogP contribution in [0.25, 0.3) is 0 Å². The zero-order chi connectivity index (χ0) is 17.4. The Hall–Kier alpha value is -1.01. The average Bonchev–Trinajstić information content (AvgIpc) is 2.59. The van der Waals surface area contributed by atoms with Crippen LogP contribution in [0.3, 0.4) is 0 Å². The SMILES string of the molecule is CCN(CC)CCOc1ccc(C(=O)NC2CCNC(C)C2)cc1.Cl.Cl. The smallest absolute Gasteiger partial charge is 0.251 e. The van der Waals surface area contributed by atoms with E-state index in [2.05, 4.69) is 36.3 Å². The van der Waals surface area contributed by atoms with Crippen LogP contribution in [-0.2, 0) is 0 Å². The summed E-state index contributed by atoms with van der Waals surface area (Å²) >= 11 is 0. The van der Waals surface area contributed by atoms with Crippen LogP contribution < -0.4 is 15.4 Å². The second-order valence-electron chi connectivity index (χ2n) is 6.45.